The molecule has 1 heterocycles. The van der Waals surface area contributed by atoms with Crippen LogP contribution in [-0.2, 0) is 10.3 Å². The first-order chi connectivity index (χ1) is 19.7. The van der Waals surface area contributed by atoms with E-state index in [0.717, 1.165) is 12.0 Å². The Hall–Kier alpha value is -3.93. The van der Waals surface area contributed by atoms with Crippen LogP contribution in [0.3, 0.4) is 0 Å². The molecule has 0 bridgehead atoms. The third-order valence-corrected chi connectivity index (χ3v) is 8.31. The van der Waals surface area contributed by atoms with Crippen molar-refractivity contribution >= 4 is 34.9 Å². The van der Waals surface area contributed by atoms with E-state index in [-0.39, 0.29) is 11.6 Å². The number of halogens is 2. The van der Waals surface area contributed by atoms with Crippen molar-refractivity contribution in [3.05, 3.63) is 94.3 Å². The summed E-state index contributed by atoms with van der Waals surface area (Å²) in [7, 11) is 0. The number of benzene rings is 3. The van der Waals surface area contributed by atoms with Crippen LogP contribution >= 0.6 is 11.6 Å². The first-order valence-electron chi connectivity index (χ1n) is 13.9. The zero-order valence-corrected chi connectivity index (χ0v) is 23.6. The molecule has 3 amide bonds. The van der Waals surface area contributed by atoms with E-state index in [1.54, 1.807) is 54.6 Å². The van der Waals surface area contributed by atoms with Gasteiger partial charge in [0.05, 0.1) is 22.9 Å². The number of anilines is 2. The summed E-state index contributed by atoms with van der Waals surface area (Å²) < 4.78 is 15.1. The topological polar surface area (TPSA) is 111 Å². The van der Waals surface area contributed by atoms with Crippen LogP contribution in [0.4, 0.5) is 20.6 Å². The molecule has 0 aromatic heterocycles. The van der Waals surface area contributed by atoms with Gasteiger partial charge >= 0.3 is 6.03 Å². The molecule has 3 aromatic carbocycles. The minimum Gasteiger partial charge on any atom is -0.322 e. The fraction of sp³-hybridized carbons (Fsp3) is 0.344. The lowest BCUT2D eigenvalue weighted by Gasteiger charge is -2.32. The van der Waals surface area contributed by atoms with Gasteiger partial charge in [-0.05, 0) is 90.8 Å². The van der Waals surface area contributed by atoms with Crippen molar-refractivity contribution in [1.82, 2.24) is 4.90 Å². The summed E-state index contributed by atoms with van der Waals surface area (Å²) in [6, 6.07) is 19.4. The molecule has 1 aliphatic carbocycles. The predicted molar refractivity (Wildman–Crippen MR) is 158 cm³/mol. The van der Waals surface area contributed by atoms with Crippen LogP contribution < -0.4 is 16.4 Å². The number of nitrogens with two attached hydrogens (primary N) is 1. The van der Waals surface area contributed by atoms with Crippen LogP contribution in [0.1, 0.15) is 55.7 Å². The Morgan fingerprint density at radius 1 is 1.10 bits per heavy atom. The number of nitrogens with zero attached hydrogens (tertiary/aromatic N) is 2. The van der Waals surface area contributed by atoms with E-state index < -0.39 is 29.3 Å². The van der Waals surface area contributed by atoms with Crippen molar-refractivity contribution in [3.63, 3.8) is 0 Å². The Kier molecular flexibility index (Phi) is 8.30. The first-order valence-corrected chi connectivity index (χ1v) is 14.3. The van der Waals surface area contributed by atoms with Crippen LogP contribution in [-0.4, -0.2) is 29.4 Å². The maximum atomic E-state index is 15.1. The van der Waals surface area contributed by atoms with Crippen LogP contribution in [0.15, 0.2) is 66.7 Å². The molecule has 2 aliphatic rings. The molecule has 1 unspecified atom stereocenters. The molecule has 1 saturated heterocycles. The quantitative estimate of drug-likeness (QED) is 0.281. The van der Waals surface area contributed by atoms with Gasteiger partial charge in [-0.1, -0.05) is 49.6 Å². The standard InChI is InChI=1S/C32H33ClFN5O2/c1-20-15-29(39(19-20)31(41)37-26-10-8-25(33)9-11-26)30(40)38-28-17-24(7-12-27(28)34)32(36,14-13-21-5-6-21)23-4-2-3-22(16-23)18-35/h2-4,7-12,16-17,20-21,29H,5-6,13-15,19,36H2,1H3,(H,37,41)(H,38,40)/t20-,29+,32?/m0/s1. The molecule has 5 rings (SSSR count). The third kappa shape index (κ3) is 6.53. The van der Waals surface area contributed by atoms with E-state index in [2.05, 4.69) is 16.7 Å². The van der Waals surface area contributed by atoms with Gasteiger partial charge in [-0.25, -0.2) is 9.18 Å². The van der Waals surface area contributed by atoms with Crippen molar-refractivity contribution in [2.45, 2.75) is 50.6 Å². The molecule has 7 nitrogen and oxygen atoms in total. The molecule has 1 aliphatic heterocycles. The number of nitrogens with one attached hydrogen (secondary N) is 2. The maximum Gasteiger partial charge on any atom is 0.322 e. The number of hydrogen-bond donors (Lipinski definition) is 3. The Bertz CT molecular complexity index is 1490. The van der Waals surface area contributed by atoms with Crippen molar-refractivity contribution in [3.8, 4) is 6.07 Å². The zero-order valence-electron chi connectivity index (χ0n) is 22.9. The normalized spacial score (nSPS) is 19.7. The monoisotopic (exact) mass is 573 g/mol. The summed E-state index contributed by atoms with van der Waals surface area (Å²) in [5.41, 5.74) is 8.54. The van der Waals surface area contributed by atoms with Gasteiger partial charge in [0.2, 0.25) is 5.91 Å². The Labute approximate surface area is 244 Å². The summed E-state index contributed by atoms with van der Waals surface area (Å²) in [5, 5.41) is 15.5. The molecule has 2 fully saturated rings. The highest BCUT2D eigenvalue weighted by Gasteiger charge is 2.39. The van der Waals surface area contributed by atoms with Crippen molar-refractivity contribution < 1.29 is 14.0 Å². The maximum absolute atomic E-state index is 15.1. The van der Waals surface area contributed by atoms with Gasteiger partial charge in [-0.3, -0.25) is 4.79 Å². The first kappa shape index (κ1) is 28.6. The molecule has 4 N–H and O–H groups in total. The largest absolute Gasteiger partial charge is 0.322 e. The van der Waals surface area contributed by atoms with Gasteiger partial charge < -0.3 is 21.3 Å². The van der Waals surface area contributed by atoms with Gasteiger partial charge in [-0.15, -0.1) is 0 Å². The molecule has 212 valence electrons. The average molecular weight is 574 g/mol. The zero-order chi connectivity index (χ0) is 29.1. The van der Waals surface area contributed by atoms with Gasteiger partial charge in [0, 0.05) is 17.3 Å². The Morgan fingerprint density at radius 3 is 2.54 bits per heavy atom. The summed E-state index contributed by atoms with van der Waals surface area (Å²) in [6.45, 7) is 2.36. The third-order valence-electron chi connectivity index (χ3n) is 8.06. The number of amides is 3. The van der Waals surface area contributed by atoms with Gasteiger partial charge in [-0.2, -0.15) is 5.26 Å². The van der Waals surface area contributed by atoms with E-state index in [9.17, 15) is 14.9 Å². The number of likely N-dealkylation sites (tertiary alicyclic amines) is 1. The lowest BCUT2D eigenvalue weighted by molar-refractivity contribution is -0.119. The van der Waals surface area contributed by atoms with Crippen LogP contribution in [0, 0.1) is 29.0 Å². The summed E-state index contributed by atoms with van der Waals surface area (Å²) >= 11 is 5.94. The number of carbonyl (C=O) groups excluding carboxylic acids is 2. The number of rotatable bonds is 8. The Morgan fingerprint density at radius 2 is 1.83 bits per heavy atom. The van der Waals surface area contributed by atoms with Crippen LogP contribution in [0.2, 0.25) is 5.02 Å². The van der Waals surface area contributed by atoms with Gasteiger partial charge in [0.15, 0.2) is 0 Å². The number of carbonyl (C=O) groups is 2. The highest BCUT2D eigenvalue weighted by Crippen LogP contribution is 2.40. The second-order valence-corrected chi connectivity index (χ2v) is 11.7. The minimum absolute atomic E-state index is 0.00259. The fourth-order valence-electron chi connectivity index (χ4n) is 5.52. The fourth-order valence-corrected chi connectivity index (χ4v) is 5.65. The molecule has 0 spiro atoms. The van der Waals surface area contributed by atoms with E-state index in [4.69, 9.17) is 17.3 Å². The molecule has 41 heavy (non-hydrogen) atoms. The molecule has 3 atom stereocenters. The molecule has 1 saturated carbocycles. The smallest absolute Gasteiger partial charge is 0.322 e. The van der Waals surface area contributed by atoms with E-state index >= 15 is 4.39 Å². The SMILES string of the molecule is C[C@H]1C[C@H](C(=O)Nc2cc(C(N)(CCC3CC3)c3cccc(C#N)c3)ccc2F)N(C(=O)Nc2ccc(Cl)cc2)C1. The highest BCUT2D eigenvalue weighted by atomic mass is 35.5. The number of hydrogen-bond acceptors (Lipinski definition) is 4. The lowest BCUT2D eigenvalue weighted by atomic mass is 9.79. The predicted octanol–water partition coefficient (Wildman–Crippen LogP) is 6.62. The van der Waals surface area contributed by atoms with E-state index in [0.29, 0.717) is 47.1 Å². The summed E-state index contributed by atoms with van der Waals surface area (Å²) in [6.07, 6.45) is 4.31. The lowest BCUT2D eigenvalue weighted by Crippen LogP contribution is -2.45. The minimum atomic E-state index is -0.977. The molecule has 0 radical (unpaired) electrons. The van der Waals surface area contributed by atoms with Crippen molar-refractivity contribution in [2.24, 2.45) is 17.6 Å². The molecule has 9 heteroatoms. The molecular formula is C32H33ClFN5O2. The summed E-state index contributed by atoms with van der Waals surface area (Å²) in [5.74, 6) is -0.361. The van der Waals surface area contributed by atoms with Gasteiger partial charge in [0.25, 0.3) is 0 Å². The Balaban J connectivity index is 1.38. The number of nitriles is 1. The highest BCUT2D eigenvalue weighted by molar-refractivity contribution is 6.30. The summed E-state index contributed by atoms with van der Waals surface area (Å²) in [4.78, 5) is 28.1. The molecule has 3 aromatic rings. The number of urea groups is 1. The van der Waals surface area contributed by atoms with Crippen molar-refractivity contribution in [2.75, 3.05) is 17.2 Å². The van der Waals surface area contributed by atoms with E-state index in [1.165, 1.54) is 23.8 Å². The second kappa shape index (κ2) is 11.9. The molecular weight excluding hydrogens is 541 g/mol. The second-order valence-electron chi connectivity index (χ2n) is 11.3. The van der Waals surface area contributed by atoms with Crippen LogP contribution in [0.5, 0.6) is 0 Å². The van der Waals surface area contributed by atoms with Crippen molar-refractivity contribution in [1.29, 1.82) is 5.26 Å². The average Bonchev–Trinajstić information content (AvgIpc) is 3.72. The van der Waals surface area contributed by atoms with E-state index in [1.807, 2.05) is 13.0 Å². The van der Waals surface area contributed by atoms with Gasteiger partial charge in [0.1, 0.15) is 11.9 Å². The van der Waals surface area contributed by atoms with Crippen LogP contribution in [0.25, 0.3) is 0 Å².